The lowest BCUT2D eigenvalue weighted by Gasteiger charge is -2.19. The molecule has 0 fully saturated rings. The van der Waals surface area contributed by atoms with Gasteiger partial charge >= 0.3 is 12.1 Å². The molecule has 0 atom stereocenters. The number of hydrogen-bond acceptors (Lipinski definition) is 4. The molecule has 0 aliphatic rings. The minimum absolute atomic E-state index is 0.00337. The Bertz CT molecular complexity index is 2070. The zero-order valence-electron chi connectivity index (χ0n) is 36.7. The molecule has 4 N–H and O–H groups in total. The first kappa shape index (κ1) is 46.2. The van der Waals surface area contributed by atoms with Crippen molar-refractivity contribution < 1.29 is 9.59 Å². The van der Waals surface area contributed by atoms with Gasteiger partial charge in [-0.05, 0) is 74.9 Å². The summed E-state index contributed by atoms with van der Waals surface area (Å²) in [6.07, 6.45) is 21.8. The van der Waals surface area contributed by atoms with E-state index in [0.29, 0.717) is 34.6 Å². The van der Waals surface area contributed by atoms with E-state index in [4.69, 9.17) is 0 Å². The lowest BCUT2D eigenvalue weighted by atomic mass is 10.0. The number of fused-ring (bicyclic) bond motifs is 4. The molecule has 60 heavy (non-hydrogen) atoms. The van der Waals surface area contributed by atoms with Crippen LogP contribution < -0.4 is 32.1 Å². The lowest BCUT2D eigenvalue weighted by Crippen LogP contribution is -2.36. The topological polar surface area (TPSA) is 126 Å². The van der Waals surface area contributed by atoms with Gasteiger partial charge in [-0.15, -0.1) is 0 Å². The van der Waals surface area contributed by atoms with Gasteiger partial charge in [0.15, 0.2) is 10.9 Å². The molecular formula is C50H72N6O4. The number of carbonyl (C=O) groups excluding carboxylic acids is 2. The van der Waals surface area contributed by atoms with Crippen LogP contribution in [0.1, 0.15) is 142 Å². The van der Waals surface area contributed by atoms with E-state index in [1.807, 2.05) is 60.7 Å². The van der Waals surface area contributed by atoms with Crippen LogP contribution in [0.4, 0.5) is 9.59 Å². The number of benzene rings is 3. The zero-order chi connectivity index (χ0) is 42.4. The van der Waals surface area contributed by atoms with Crippen LogP contribution >= 0.6 is 0 Å². The third-order valence-electron chi connectivity index (χ3n) is 11.9. The lowest BCUT2D eigenvalue weighted by molar-refractivity contribution is 0.239. The van der Waals surface area contributed by atoms with E-state index in [1.165, 1.54) is 25.7 Å². The maximum atomic E-state index is 14.1. The van der Waals surface area contributed by atoms with Crippen molar-refractivity contribution >= 4 is 55.7 Å². The standard InChI is InChI=1S/C50H72N6O4/c1-3-5-7-21-31-51-49(59)53-33-23-13-9-11-15-25-35-55-43-29-19-17-27-39(43)47(57)41-38-46-42(37-45(41)55)48(58)40-28-18-20-30-44(40)56(46)36-26-16-12-10-14-24-34-54-50(60)52-32-22-8-6-4-2/h17-20,27-30,37-38H,3-16,21-26,31-36H2,1-2H3,(H2,51,53,59)(H2,52,54,60). The predicted molar refractivity (Wildman–Crippen MR) is 251 cm³/mol. The van der Waals surface area contributed by atoms with E-state index in [9.17, 15) is 19.2 Å². The van der Waals surface area contributed by atoms with Crippen molar-refractivity contribution in [2.45, 2.75) is 155 Å². The van der Waals surface area contributed by atoms with Gasteiger partial charge in [-0.1, -0.05) is 128 Å². The first-order valence-corrected chi connectivity index (χ1v) is 23.5. The zero-order valence-corrected chi connectivity index (χ0v) is 36.7. The van der Waals surface area contributed by atoms with Crippen LogP contribution in [0.15, 0.2) is 70.3 Å². The van der Waals surface area contributed by atoms with E-state index in [2.05, 4.69) is 44.2 Å². The van der Waals surface area contributed by atoms with E-state index in [0.717, 1.165) is 151 Å². The fourth-order valence-corrected chi connectivity index (χ4v) is 8.46. The fraction of sp³-hybridized carbons (Fsp3) is 0.560. The van der Waals surface area contributed by atoms with Crippen molar-refractivity contribution in [3.8, 4) is 0 Å². The molecule has 4 amide bonds. The van der Waals surface area contributed by atoms with Gasteiger partial charge in [0, 0.05) is 60.8 Å². The number of urea groups is 2. The molecule has 0 unspecified atom stereocenters. The highest BCUT2D eigenvalue weighted by Crippen LogP contribution is 2.27. The second-order valence-electron chi connectivity index (χ2n) is 16.6. The molecule has 0 spiro atoms. The second-order valence-corrected chi connectivity index (χ2v) is 16.6. The summed E-state index contributed by atoms with van der Waals surface area (Å²) in [5.74, 6) is 0. The molecular weight excluding hydrogens is 749 g/mol. The number of rotatable bonds is 28. The summed E-state index contributed by atoms with van der Waals surface area (Å²) < 4.78 is 4.51. The Kier molecular flexibility index (Phi) is 19.8. The summed E-state index contributed by atoms with van der Waals surface area (Å²) in [4.78, 5) is 52.4. The second kappa shape index (κ2) is 25.7. The van der Waals surface area contributed by atoms with Crippen LogP contribution in [0.2, 0.25) is 0 Å². The molecule has 5 rings (SSSR count). The van der Waals surface area contributed by atoms with Gasteiger partial charge < -0.3 is 30.4 Å². The van der Waals surface area contributed by atoms with Gasteiger partial charge in [0.05, 0.1) is 22.1 Å². The highest BCUT2D eigenvalue weighted by Gasteiger charge is 2.17. The molecule has 0 bridgehead atoms. The number of aryl methyl sites for hydroxylation is 2. The quantitative estimate of drug-likeness (QED) is 0.0296. The number of carbonyl (C=O) groups is 2. The number of amides is 4. The Morgan fingerprint density at radius 3 is 1.08 bits per heavy atom. The van der Waals surface area contributed by atoms with Crippen molar-refractivity contribution in [1.82, 2.24) is 30.4 Å². The molecule has 0 aliphatic carbocycles. The van der Waals surface area contributed by atoms with E-state index in [1.54, 1.807) is 0 Å². The summed E-state index contributed by atoms with van der Waals surface area (Å²) in [5, 5.41) is 14.6. The van der Waals surface area contributed by atoms with Crippen LogP contribution in [-0.2, 0) is 13.1 Å². The summed E-state index contributed by atoms with van der Waals surface area (Å²) in [6.45, 7) is 8.76. The van der Waals surface area contributed by atoms with Crippen molar-refractivity contribution in [2.75, 3.05) is 26.2 Å². The number of para-hydroxylation sites is 2. The molecule has 2 aromatic heterocycles. The van der Waals surface area contributed by atoms with Crippen molar-refractivity contribution in [1.29, 1.82) is 0 Å². The van der Waals surface area contributed by atoms with Crippen molar-refractivity contribution in [3.63, 3.8) is 0 Å². The number of unbranched alkanes of at least 4 members (excludes halogenated alkanes) is 16. The highest BCUT2D eigenvalue weighted by atomic mass is 16.2. The van der Waals surface area contributed by atoms with Gasteiger partial charge in [0.25, 0.3) is 0 Å². The van der Waals surface area contributed by atoms with Crippen LogP contribution in [0, 0.1) is 0 Å². The minimum atomic E-state index is -0.0641. The highest BCUT2D eigenvalue weighted by molar-refractivity contribution is 6.03. The van der Waals surface area contributed by atoms with E-state index in [-0.39, 0.29) is 22.9 Å². The largest absolute Gasteiger partial charge is 0.340 e. The smallest absolute Gasteiger partial charge is 0.314 e. The minimum Gasteiger partial charge on any atom is -0.340 e. The van der Waals surface area contributed by atoms with Gasteiger partial charge in [-0.3, -0.25) is 9.59 Å². The Morgan fingerprint density at radius 1 is 0.400 bits per heavy atom. The SMILES string of the molecule is CCCCCCNC(=O)NCCCCCCCCn1c2ccccc2c(=O)c2cc3c(cc21)c(=O)c1ccccc1n3CCCCCCCCNC(=O)NCCCCCC. The Labute approximate surface area is 357 Å². The van der Waals surface area contributed by atoms with Gasteiger partial charge in [-0.2, -0.15) is 0 Å². The molecule has 10 nitrogen and oxygen atoms in total. The molecule has 10 heteroatoms. The molecule has 0 radical (unpaired) electrons. The van der Waals surface area contributed by atoms with Gasteiger partial charge in [0.1, 0.15) is 0 Å². The third-order valence-corrected chi connectivity index (χ3v) is 11.9. The first-order valence-electron chi connectivity index (χ1n) is 23.5. The van der Waals surface area contributed by atoms with Crippen LogP contribution in [-0.4, -0.2) is 47.4 Å². The van der Waals surface area contributed by atoms with E-state index < -0.39 is 0 Å². The normalized spacial score (nSPS) is 11.5. The summed E-state index contributed by atoms with van der Waals surface area (Å²) in [6, 6.07) is 19.6. The molecule has 2 heterocycles. The van der Waals surface area contributed by atoms with Gasteiger partial charge in [0.2, 0.25) is 0 Å². The average molecular weight is 821 g/mol. The monoisotopic (exact) mass is 821 g/mol. The third kappa shape index (κ3) is 13.6. The predicted octanol–water partition coefficient (Wildman–Crippen LogP) is 11.1. The van der Waals surface area contributed by atoms with Crippen LogP contribution in [0.25, 0.3) is 43.6 Å². The van der Waals surface area contributed by atoms with Crippen molar-refractivity contribution in [3.05, 3.63) is 81.1 Å². The Morgan fingerprint density at radius 2 is 0.717 bits per heavy atom. The Hall–Kier alpha value is -4.86. The summed E-state index contributed by atoms with van der Waals surface area (Å²) in [5.41, 5.74) is 3.45. The summed E-state index contributed by atoms with van der Waals surface area (Å²) >= 11 is 0. The van der Waals surface area contributed by atoms with E-state index >= 15 is 0 Å². The molecule has 0 saturated heterocycles. The number of hydrogen-bond donors (Lipinski definition) is 4. The molecule has 0 saturated carbocycles. The number of nitrogens with zero attached hydrogens (tertiary/aromatic N) is 2. The maximum Gasteiger partial charge on any atom is 0.314 e. The molecule has 3 aromatic carbocycles. The molecule has 0 aliphatic heterocycles. The number of pyridine rings is 2. The van der Waals surface area contributed by atoms with Crippen LogP contribution in [0.3, 0.4) is 0 Å². The fourth-order valence-electron chi connectivity index (χ4n) is 8.46. The summed E-state index contributed by atoms with van der Waals surface area (Å²) in [7, 11) is 0. The van der Waals surface area contributed by atoms with Crippen molar-refractivity contribution in [2.24, 2.45) is 0 Å². The average Bonchev–Trinajstić information content (AvgIpc) is 3.26. The molecule has 326 valence electrons. The molecule has 5 aromatic rings. The Balaban J connectivity index is 1.18. The number of aromatic nitrogens is 2. The number of nitrogens with one attached hydrogen (secondary N) is 4. The first-order chi connectivity index (χ1) is 29.4. The van der Waals surface area contributed by atoms with Gasteiger partial charge in [-0.25, -0.2) is 9.59 Å². The van der Waals surface area contributed by atoms with Crippen LogP contribution in [0.5, 0.6) is 0 Å². The maximum absolute atomic E-state index is 14.1.